The number of ether oxygens (including phenoxy) is 1. The van der Waals surface area contributed by atoms with E-state index in [1.165, 1.54) is 9.13 Å². The number of carboxylic acid groups (broad SMARTS) is 1. The summed E-state index contributed by atoms with van der Waals surface area (Å²) >= 11 is 6.00. The Kier molecular flexibility index (Phi) is 5.21. The third-order valence-electron chi connectivity index (χ3n) is 5.57. The molecule has 4 rings (SSSR count). The van der Waals surface area contributed by atoms with Gasteiger partial charge in [0.25, 0.3) is 11.1 Å². The van der Waals surface area contributed by atoms with E-state index in [1.54, 1.807) is 44.3 Å². The second-order valence-corrected chi connectivity index (χ2v) is 7.83. The molecule has 1 unspecified atom stereocenters. The number of hydrogen-bond acceptors (Lipinski definition) is 5. The Labute approximate surface area is 176 Å². The van der Waals surface area contributed by atoms with Gasteiger partial charge in [0.2, 0.25) is 0 Å². The summed E-state index contributed by atoms with van der Waals surface area (Å²) in [5.74, 6) is -0.938. The van der Waals surface area contributed by atoms with Crippen molar-refractivity contribution >= 4 is 28.6 Å². The fourth-order valence-electron chi connectivity index (χ4n) is 3.82. The highest BCUT2D eigenvalue weighted by molar-refractivity contribution is 6.30. The molecule has 0 bridgehead atoms. The van der Waals surface area contributed by atoms with Crippen LogP contribution in [0.5, 0.6) is 0 Å². The van der Waals surface area contributed by atoms with Crippen LogP contribution in [0.3, 0.4) is 0 Å². The van der Waals surface area contributed by atoms with E-state index in [1.807, 2.05) is 0 Å². The van der Waals surface area contributed by atoms with E-state index >= 15 is 0 Å². The van der Waals surface area contributed by atoms with Gasteiger partial charge in [-0.3, -0.25) is 18.7 Å². The zero-order chi connectivity index (χ0) is 21.6. The fraction of sp³-hybridized carbons (Fsp3) is 0.333. The van der Waals surface area contributed by atoms with E-state index in [9.17, 15) is 19.5 Å². The molecule has 1 fully saturated rings. The van der Waals surface area contributed by atoms with Gasteiger partial charge in [0.15, 0.2) is 11.8 Å². The van der Waals surface area contributed by atoms with Crippen molar-refractivity contribution < 1.29 is 14.6 Å². The number of pyridine rings is 1. The van der Waals surface area contributed by atoms with Gasteiger partial charge in [0.1, 0.15) is 5.82 Å². The molecule has 8 nitrogen and oxygen atoms in total. The van der Waals surface area contributed by atoms with Gasteiger partial charge in [-0.25, -0.2) is 9.78 Å². The first-order valence-electron chi connectivity index (χ1n) is 9.51. The lowest BCUT2D eigenvalue weighted by molar-refractivity contribution is -0.153. The number of hydrogen-bond donors (Lipinski definition) is 1. The van der Waals surface area contributed by atoms with Crippen LogP contribution in [0.25, 0.3) is 16.7 Å². The molecule has 0 spiro atoms. The van der Waals surface area contributed by atoms with E-state index in [0.29, 0.717) is 33.9 Å². The van der Waals surface area contributed by atoms with Crippen LogP contribution in [-0.2, 0) is 16.6 Å². The largest absolute Gasteiger partial charge is 0.479 e. The maximum atomic E-state index is 13.5. The van der Waals surface area contributed by atoms with Crippen molar-refractivity contribution in [2.45, 2.75) is 31.8 Å². The van der Waals surface area contributed by atoms with Crippen molar-refractivity contribution in [3.63, 3.8) is 0 Å². The Morgan fingerprint density at radius 3 is 2.60 bits per heavy atom. The first-order valence-corrected chi connectivity index (χ1v) is 9.89. The predicted molar refractivity (Wildman–Crippen MR) is 112 cm³/mol. The summed E-state index contributed by atoms with van der Waals surface area (Å²) < 4.78 is 8.13. The van der Waals surface area contributed by atoms with Crippen LogP contribution < -0.4 is 11.1 Å². The molecule has 0 saturated carbocycles. The maximum absolute atomic E-state index is 13.5. The molecule has 1 aliphatic heterocycles. The van der Waals surface area contributed by atoms with Gasteiger partial charge in [-0.2, -0.15) is 0 Å². The first-order chi connectivity index (χ1) is 14.3. The number of benzene rings is 1. The summed E-state index contributed by atoms with van der Waals surface area (Å²) in [6.07, 6.45) is -0.331. The Morgan fingerprint density at radius 1 is 1.23 bits per heavy atom. The zero-order valence-corrected chi connectivity index (χ0v) is 17.2. The highest BCUT2D eigenvalue weighted by Gasteiger charge is 2.31. The van der Waals surface area contributed by atoms with E-state index in [0.717, 1.165) is 0 Å². The quantitative estimate of drug-likeness (QED) is 0.685. The molecule has 156 valence electrons. The number of carboxylic acids is 1. The molecule has 1 aromatic carbocycles. The van der Waals surface area contributed by atoms with Crippen LogP contribution in [0.15, 0.2) is 39.9 Å². The lowest BCUT2D eigenvalue weighted by Gasteiger charge is -2.27. The highest BCUT2D eigenvalue weighted by atomic mass is 35.5. The predicted octanol–water partition coefficient (Wildman–Crippen LogP) is 2.39. The zero-order valence-electron chi connectivity index (χ0n) is 16.5. The second kappa shape index (κ2) is 7.70. The van der Waals surface area contributed by atoms with Gasteiger partial charge >= 0.3 is 5.97 Å². The normalized spacial score (nSPS) is 19.2. The van der Waals surface area contributed by atoms with Crippen molar-refractivity contribution in [2.24, 2.45) is 7.05 Å². The van der Waals surface area contributed by atoms with Crippen molar-refractivity contribution in [3.05, 3.63) is 67.4 Å². The fourth-order valence-corrected chi connectivity index (χ4v) is 3.95. The summed E-state index contributed by atoms with van der Waals surface area (Å²) in [4.78, 5) is 42.4. The number of aromatic nitrogens is 3. The van der Waals surface area contributed by atoms with Crippen LogP contribution in [-0.4, -0.2) is 37.9 Å². The minimum atomic E-state index is -1.06. The minimum Gasteiger partial charge on any atom is -0.479 e. The Hall–Kier alpha value is -2.97. The molecule has 0 radical (unpaired) electrons. The van der Waals surface area contributed by atoms with Gasteiger partial charge < -0.3 is 9.84 Å². The number of aryl methyl sites for hydroxylation is 1. The molecular formula is C21H20ClN3O5. The Morgan fingerprint density at radius 2 is 1.93 bits per heavy atom. The molecule has 30 heavy (non-hydrogen) atoms. The Bertz CT molecular complexity index is 1260. The van der Waals surface area contributed by atoms with E-state index < -0.39 is 12.1 Å². The number of aliphatic carboxylic acids is 1. The minimum absolute atomic E-state index is 0.163. The lowest BCUT2D eigenvalue weighted by Crippen LogP contribution is -2.35. The number of rotatable bonds is 3. The van der Waals surface area contributed by atoms with E-state index in [2.05, 4.69) is 4.98 Å². The number of halogens is 1. The van der Waals surface area contributed by atoms with E-state index in [4.69, 9.17) is 16.3 Å². The van der Waals surface area contributed by atoms with Crippen LogP contribution in [0, 0.1) is 6.92 Å². The van der Waals surface area contributed by atoms with Gasteiger partial charge in [0, 0.05) is 24.2 Å². The molecule has 3 heterocycles. The summed E-state index contributed by atoms with van der Waals surface area (Å²) in [6, 6.07) is 8.25. The second-order valence-electron chi connectivity index (χ2n) is 7.40. The van der Waals surface area contributed by atoms with E-state index in [-0.39, 0.29) is 35.7 Å². The molecule has 3 aromatic rings. The number of fused-ring (bicyclic) bond motifs is 1. The molecule has 1 aliphatic rings. The summed E-state index contributed by atoms with van der Waals surface area (Å²) in [7, 11) is 1.62. The SMILES string of the molecule is Cc1nc2c(cc(C3CCO[C@H](C(=O)O)C3)c(=O)n2-c2ccc(Cl)cc2)c(=O)n1C. The average Bonchev–Trinajstić information content (AvgIpc) is 2.73. The highest BCUT2D eigenvalue weighted by Crippen LogP contribution is 2.30. The van der Waals surface area contributed by atoms with Crippen molar-refractivity contribution in [1.82, 2.24) is 14.1 Å². The number of nitrogens with zero attached hydrogens (tertiary/aromatic N) is 3. The molecule has 0 aliphatic carbocycles. The first kappa shape index (κ1) is 20.3. The third kappa shape index (κ3) is 3.42. The van der Waals surface area contributed by atoms with Gasteiger partial charge in [-0.15, -0.1) is 0 Å². The molecule has 1 N–H and O–H groups in total. The summed E-state index contributed by atoms with van der Waals surface area (Å²) in [5.41, 5.74) is 0.561. The van der Waals surface area contributed by atoms with Crippen molar-refractivity contribution in [3.8, 4) is 5.69 Å². The molecular weight excluding hydrogens is 410 g/mol. The molecule has 0 amide bonds. The van der Waals surface area contributed by atoms with Crippen LogP contribution in [0.2, 0.25) is 5.02 Å². The van der Waals surface area contributed by atoms with Crippen molar-refractivity contribution in [1.29, 1.82) is 0 Å². The van der Waals surface area contributed by atoms with Gasteiger partial charge in [-0.1, -0.05) is 11.6 Å². The molecule has 1 saturated heterocycles. The van der Waals surface area contributed by atoms with Crippen molar-refractivity contribution in [2.75, 3.05) is 6.61 Å². The monoisotopic (exact) mass is 429 g/mol. The van der Waals surface area contributed by atoms with Crippen LogP contribution in [0.1, 0.15) is 30.1 Å². The molecule has 2 aromatic heterocycles. The topological polar surface area (TPSA) is 103 Å². The molecule has 2 atom stereocenters. The third-order valence-corrected chi connectivity index (χ3v) is 5.83. The lowest BCUT2D eigenvalue weighted by atomic mass is 9.88. The van der Waals surface area contributed by atoms with Crippen LogP contribution >= 0.6 is 11.6 Å². The summed E-state index contributed by atoms with van der Waals surface area (Å²) in [6.45, 7) is 1.92. The summed E-state index contributed by atoms with van der Waals surface area (Å²) in [5, 5.41) is 10.1. The number of carbonyl (C=O) groups is 1. The van der Waals surface area contributed by atoms with Gasteiger partial charge in [-0.05, 0) is 56.0 Å². The molecule has 9 heteroatoms. The average molecular weight is 430 g/mol. The van der Waals surface area contributed by atoms with Crippen LogP contribution in [0.4, 0.5) is 0 Å². The maximum Gasteiger partial charge on any atom is 0.332 e. The standard InChI is InChI=1S/C21H20ClN3O5/c1-11-23-18-16(19(26)24(11)2)10-15(12-7-8-30-17(9-12)21(28)29)20(27)25(18)14-5-3-13(22)4-6-14/h3-6,10,12,17H,7-9H2,1-2H3,(H,28,29)/t12?,17-/m0/s1. The Balaban J connectivity index is 2.02. The smallest absolute Gasteiger partial charge is 0.332 e. The van der Waals surface area contributed by atoms with Gasteiger partial charge in [0.05, 0.1) is 11.1 Å².